The van der Waals surface area contributed by atoms with Crippen LogP contribution in [0.3, 0.4) is 0 Å². The predicted octanol–water partition coefficient (Wildman–Crippen LogP) is 4.19. The minimum atomic E-state index is -4.91. The van der Waals surface area contributed by atoms with Crippen LogP contribution >= 0.6 is 0 Å². The third-order valence-corrected chi connectivity index (χ3v) is 4.15. The molecule has 1 atom stereocenters. The summed E-state index contributed by atoms with van der Waals surface area (Å²) in [5, 5.41) is 13.5. The number of ether oxygens (including phenoxy) is 1. The van der Waals surface area contributed by atoms with Crippen LogP contribution < -0.4 is 15.4 Å². The third-order valence-electron chi connectivity index (χ3n) is 4.15. The molecule has 3 N–H and O–H groups in total. The zero-order chi connectivity index (χ0) is 20.5. The van der Waals surface area contributed by atoms with E-state index in [4.69, 9.17) is 9.84 Å². The molecule has 1 unspecified atom stereocenters. The van der Waals surface area contributed by atoms with E-state index in [9.17, 15) is 27.2 Å². The molecule has 0 radical (unpaired) electrons. The highest BCUT2D eigenvalue weighted by molar-refractivity contribution is 6.06. The van der Waals surface area contributed by atoms with Gasteiger partial charge in [0.05, 0.1) is 23.8 Å². The van der Waals surface area contributed by atoms with Crippen LogP contribution in [0.15, 0.2) is 36.4 Å². The second-order valence-corrected chi connectivity index (χ2v) is 6.01. The van der Waals surface area contributed by atoms with E-state index in [1.54, 1.807) is 6.07 Å². The van der Waals surface area contributed by atoms with Crippen molar-refractivity contribution < 1.29 is 37.0 Å². The number of anilines is 1. The van der Waals surface area contributed by atoms with Crippen molar-refractivity contribution in [3.8, 4) is 5.75 Å². The van der Waals surface area contributed by atoms with Crippen LogP contribution in [0.25, 0.3) is 0 Å². The fraction of sp³-hybridized carbons (Fsp3) is 0.222. The molecule has 2 aromatic rings. The van der Waals surface area contributed by atoms with Crippen molar-refractivity contribution in [3.63, 3.8) is 0 Å². The molecule has 3 rings (SSSR count). The molecule has 0 aromatic heterocycles. The van der Waals surface area contributed by atoms with Crippen LogP contribution in [0.2, 0.25) is 0 Å². The number of halogens is 4. The quantitative estimate of drug-likeness (QED) is 0.677. The van der Waals surface area contributed by atoms with Gasteiger partial charge >= 0.3 is 12.3 Å². The van der Waals surface area contributed by atoms with Gasteiger partial charge in [-0.15, -0.1) is 0 Å². The first-order chi connectivity index (χ1) is 13.2. The average molecular weight is 398 g/mol. The number of fused-ring (bicyclic) bond motifs is 1. The molecular formula is C18H14F4N2O4. The number of hydrogen-bond donors (Lipinski definition) is 3. The van der Waals surface area contributed by atoms with Crippen LogP contribution in [-0.4, -0.2) is 23.7 Å². The van der Waals surface area contributed by atoms with Crippen molar-refractivity contribution in [1.82, 2.24) is 5.32 Å². The summed E-state index contributed by atoms with van der Waals surface area (Å²) in [6.45, 7) is 0.150. The Hall–Kier alpha value is -3.30. The molecule has 6 nitrogen and oxygen atoms in total. The van der Waals surface area contributed by atoms with E-state index in [0.29, 0.717) is 24.1 Å². The molecule has 2 aromatic carbocycles. The third kappa shape index (κ3) is 4.00. The van der Waals surface area contributed by atoms with Gasteiger partial charge < -0.3 is 20.5 Å². The summed E-state index contributed by atoms with van der Waals surface area (Å²) >= 11 is 0. The van der Waals surface area contributed by atoms with E-state index in [0.717, 1.165) is 6.07 Å². The molecule has 1 aliphatic heterocycles. The number of amides is 2. The number of hydrogen-bond acceptors (Lipinski definition) is 3. The van der Waals surface area contributed by atoms with Crippen molar-refractivity contribution in [3.05, 3.63) is 58.9 Å². The Morgan fingerprint density at radius 2 is 1.93 bits per heavy atom. The molecule has 0 saturated heterocycles. The van der Waals surface area contributed by atoms with Gasteiger partial charge in [0.1, 0.15) is 11.6 Å². The summed E-state index contributed by atoms with van der Waals surface area (Å²) in [6, 6.07) is 6.02. The number of carboxylic acid groups (broad SMARTS) is 1. The molecular weight excluding hydrogens is 384 g/mol. The largest absolute Gasteiger partial charge is 0.492 e. The normalized spacial score (nSPS) is 15.9. The zero-order valence-corrected chi connectivity index (χ0v) is 14.1. The lowest BCUT2D eigenvalue weighted by Crippen LogP contribution is -2.31. The van der Waals surface area contributed by atoms with Crippen LogP contribution in [0.4, 0.5) is 28.0 Å². The lowest BCUT2D eigenvalue weighted by molar-refractivity contribution is -0.139. The van der Waals surface area contributed by atoms with Crippen LogP contribution in [-0.2, 0) is 6.18 Å². The Balaban J connectivity index is 1.89. The van der Waals surface area contributed by atoms with E-state index in [2.05, 4.69) is 10.6 Å². The van der Waals surface area contributed by atoms with E-state index in [1.165, 1.54) is 12.1 Å². The lowest BCUT2D eigenvalue weighted by Gasteiger charge is -2.27. The maximum Gasteiger partial charge on any atom is 0.419 e. The standard InChI is InChI=1S/C18H14F4N2O4/c19-13-5-4-9(8-12(13)18(20,21)22)23-16(25)11-3-1-2-10-14(24-17(26)27)6-7-28-15(10)11/h1-5,8,14,24H,6-7H2,(H,23,25)(H,26,27). The molecule has 1 heterocycles. The smallest absolute Gasteiger partial charge is 0.419 e. The fourth-order valence-corrected chi connectivity index (χ4v) is 2.92. The van der Waals surface area contributed by atoms with Gasteiger partial charge in [-0.2, -0.15) is 13.2 Å². The highest BCUT2D eigenvalue weighted by Crippen LogP contribution is 2.36. The Morgan fingerprint density at radius 3 is 2.61 bits per heavy atom. The zero-order valence-electron chi connectivity index (χ0n) is 14.1. The summed E-state index contributed by atoms with van der Waals surface area (Å²) < 4.78 is 57.4. The van der Waals surface area contributed by atoms with Crippen LogP contribution in [0.1, 0.15) is 33.9 Å². The molecule has 148 valence electrons. The Bertz CT molecular complexity index is 930. The highest BCUT2D eigenvalue weighted by Gasteiger charge is 2.34. The molecule has 0 spiro atoms. The van der Waals surface area contributed by atoms with Crippen molar-refractivity contribution in [2.24, 2.45) is 0 Å². The van der Waals surface area contributed by atoms with Gasteiger partial charge in [-0.1, -0.05) is 12.1 Å². The number of nitrogens with one attached hydrogen (secondary N) is 2. The lowest BCUT2D eigenvalue weighted by atomic mass is 9.97. The average Bonchev–Trinajstić information content (AvgIpc) is 2.61. The second-order valence-electron chi connectivity index (χ2n) is 6.01. The van der Waals surface area contributed by atoms with Crippen molar-refractivity contribution in [2.45, 2.75) is 18.6 Å². The van der Waals surface area contributed by atoms with E-state index in [1.807, 2.05) is 0 Å². The maximum absolute atomic E-state index is 13.4. The number of para-hydroxylation sites is 1. The monoisotopic (exact) mass is 398 g/mol. The van der Waals surface area contributed by atoms with Crippen molar-refractivity contribution in [2.75, 3.05) is 11.9 Å². The van der Waals surface area contributed by atoms with Gasteiger partial charge in [0.15, 0.2) is 0 Å². The summed E-state index contributed by atoms with van der Waals surface area (Å²) in [4.78, 5) is 23.5. The summed E-state index contributed by atoms with van der Waals surface area (Å²) in [7, 11) is 0. The second kappa shape index (κ2) is 7.37. The van der Waals surface area contributed by atoms with E-state index >= 15 is 0 Å². The molecule has 2 amide bonds. The number of rotatable bonds is 3. The summed E-state index contributed by atoms with van der Waals surface area (Å²) in [5.41, 5.74) is -1.28. The van der Waals surface area contributed by atoms with Crippen LogP contribution in [0.5, 0.6) is 5.75 Å². The van der Waals surface area contributed by atoms with Crippen molar-refractivity contribution in [1.29, 1.82) is 0 Å². The molecule has 0 saturated carbocycles. The predicted molar refractivity (Wildman–Crippen MR) is 89.8 cm³/mol. The van der Waals surface area contributed by atoms with Gasteiger partial charge in [-0.05, 0) is 24.3 Å². The van der Waals surface area contributed by atoms with Gasteiger partial charge in [0, 0.05) is 17.7 Å². The molecule has 0 aliphatic carbocycles. The van der Waals surface area contributed by atoms with Gasteiger partial charge in [0.25, 0.3) is 5.91 Å². The first kappa shape index (κ1) is 19.5. The highest BCUT2D eigenvalue weighted by atomic mass is 19.4. The minimum absolute atomic E-state index is 0.0206. The minimum Gasteiger partial charge on any atom is -0.492 e. The molecule has 28 heavy (non-hydrogen) atoms. The molecule has 0 fully saturated rings. The maximum atomic E-state index is 13.4. The molecule has 10 heteroatoms. The van der Waals surface area contributed by atoms with Gasteiger partial charge in [0.2, 0.25) is 0 Å². The number of carbonyl (C=O) groups excluding carboxylic acids is 1. The first-order valence-electron chi connectivity index (χ1n) is 8.10. The van der Waals surface area contributed by atoms with Crippen LogP contribution in [0, 0.1) is 5.82 Å². The van der Waals surface area contributed by atoms with Gasteiger partial charge in [-0.3, -0.25) is 4.79 Å². The Morgan fingerprint density at radius 1 is 1.18 bits per heavy atom. The Labute approximate surface area is 156 Å². The van der Waals surface area contributed by atoms with Gasteiger partial charge in [-0.25, -0.2) is 9.18 Å². The number of benzene rings is 2. The Kier molecular flexibility index (Phi) is 5.12. The van der Waals surface area contributed by atoms with Crippen molar-refractivity contribution >= 4 is 17.7 Å². The molecule has 1 aliphatic rings. The topological polar surface area (TPSA) is 87.7 Å². The molecule has 0 bridgehead atoms. The number of alkyl halides is 3. The van der Waals surface area contributed by atoms with E-state index < -0.39 is 35.6 Å². The summed E-state index contributed by atoms with van der Waals surface area (Å²) in [5.74, 6) is -2.08. The van der Waals surface area contributed by atoms with E-state index in [-0.39, 0.29) is 23.6 Å². The SMILES string of the molecule is O=C(O)NC1CCOc2c(C(=O)Nc3ccc(F)c(C(F)(F)F)c3)cccc21. The fourth-order valence-electron chi connectivity index (χ4n) is 2.92. The summed E-state index contributed by atoms with van der Waals surface area (Å²) in [6.07, 6.45) is -5.79. The first-order valence-corrected chi connectivity index (χ1v) is 8.10. The number of carbonyl (C=O) groups is 2.